The van der Waals surface area contributed by atoms with E-state index in [4.69, 9.17) is 0 Å². The number of nitrogens with one attached hydrogen (secondary N) is 4. The molecule has 1 aliphatic heterocycles. The van der Waals surface area contributed by atoms with Crippen LogP contribution in [-0.2, 0) is 49.4 Å². The molecule has 4 amide bonds. The zero-order valence-electron chi connectivity index (χ0n) is 21.7. The number of carbonyl (C=O) groups excluding carboxylic acids is 4. The van der Waals surface area contributed by atoms with Gasteiger partial charge in [0.15, 0.2) is 0 Å². The topological polar surface area (TPSA) is 206 Å². The van der Waals surface area contributed by atoms with Crippen LogP contribution in [0, 0.1) is 13.8 Å². The summed E-state index contributed by atoms with van der Waals surface area (Å²) < 4.78 is 0. The first kappa shape index (κ1) is 36.2. The number of halogens is 2. The van der Waals surface area contributed by atoms with Crippen molar-refractivity contribution in [2.45, 2.75) is 26.7 Å². The first-order valence-corrected chi connectivity index (χ1v) is 13.9. The van der Waals surface area contributed by atoms with Crippen LogP contribution in [0.2, 0.25) is 0 Å². The third-order valence-corrected chi connectivity index (χ3v) is 4.84. The number of rotatable bonds is 0. The van der Waals surface area contributed by atoms with Gasteiger partial charge in [-0.1, -0.05) is 0 Å². The Hall–Kier alpha value is -3.78. The summed E-state index contributed by atoms with van der Waals surface area (Å²) >= 11 is 7.32. The van der Waals surface area contributed by atoms with Gasteiger partial charge in [0.2, 0.25) is 23.6 Å². The van der Waals surface area contributed by atoms with Gasteiger partial charge in [-0.2, -0.15) is 20.4 Å². The molecular weight excluding hydrogens is 694 g/mol. The fourth-order valence-electron chi connectivity index (χ4n) is 3.21. The number of fused-ring (bicyclic) bond motifs is 4. The molecule has 1 aliphatic rings. The Kier molecular flexibility index (Phi) is 16.7. The van der Waals surface area contributed by atoms with E-state index >= 15 is 0 Å². The molecule has 0 fully saturated rings. The van der Waals surface area contributed by atoms with Gasteiger partial charge in [-0.3, -0.25) is 19.2 Å². The van der Waals surface area contributed by atoms with Crippen molar-refractivity contribution in [1.82, 2.24) is 21.7 Å². The molecule has 1 heterocycles. The number of aromatic hydroxyl groups is 2. The molecule has 6 N–H and O–H groups in total. The molecule has 0 saturated heterocycles. The quantitative estimate of drug-likeness (QED) is 0.175. The molecule has 2 aromatic carbocycles. The number of nitrogens with zero attached hydrogens (tertiary/aromatic N) is 4. The van der Waals surface area contributed by atoms with Crippen LogP contribution in [0.25, 0.3) is 0 Å². The van der Waals surface area contributed by atoms with Crippen molar-refractivity contribution in [2.24, 2.45) is 20.4 Å². The van der Waals surface area contributed by atoms with Crippen molar-refractivity contribution in [2.75, 3.05) is 0 Å². The van der Waals surface area contributed by atoms with Gasteiger partial charge in [0.25, 0.3) is 0 Å². The number of phenolic OH excluding ortho intramolecular Hbond substituents is 2. The van der Waals surface area contributed by atoms with Crippen molar-refractivity contribution < 1.29 is 59.6 Å². The average Bonchev–Trinajstić information content (AvgIpc) is 2.95. The molecule has 4 bridgehead atoms. The summed E-state index contributed by atoms with van der Waals surface area (Å²) in [5.74, 6) is -3.42. The van der Waals surface area contributed by atoms with E-state index in [0.29, 0.717) is 11.1 Å². The van der Waals surface area contributed by atoms with E-state index in [1.54, 1.807) is 38.1 Å². The number of hydrogen-bond donors (Lipinski definition) is 6. The van der Waals surface area contributed by atoms with Gasteiger partial charge in [-0.05, 0) is 49.2 Å². The van der Waals surface area contributed by atoms with Gasteiger partial charge in [-0.15, -0.1) is 0 Å². The molecule has 0 radical (unpaired) electrons. The Balaban J connectivity index is 0.00000211. The molecule has 0 spiro atoms. The van der Waals surface area contributed by atoms with Gasteiger partial charge in [0.1, 0.15) is 24.3 Å². The number of phenols is 2. The maximum absolute atomic E-state index is 12.0. The first-order chi connectivity index (χ1) is 20.1. The van der Waals surface area contributed by atoms with Gasteiger partial charge in [0, 0.05) is 22.3 Å². The number of benzene rings is 2. The van der Waals surface area contributed by atoms with Crippen LogP contribution in [0.1, 0.15) is 46.2 Å². The second-order valence-corrected chi connectivity index (χ2v) is 8.11. The zero-order chi connectivity index (χ0) is 31.7. The number of carbonyl (C=O) groups is 4. The summed E-state index contributed by atoms with van der Waals surface area (Å²) in [6, 6.07) is 6.35. The van der Waals surface area contributed by atoms with E-state index in [9.17, 15) is 29.4 Å². The van der Waals surface area contributed by atoms with Crippen molar-refractivity contribution in [3.8, 4) is 11.5 Å². The Bertz CT molecular complexity index is 1220. The van der Waals surface area contributed by atoms with Crippen LogP contribution in [-0.4, -0.2) is 58.7 Å². The molecule has 0 atom stereocenters. The van der Waals surface area contributed by atoms with Crippen LogP contribution < -0.4 is 21.7 Å². The average molecular weight is 719 g/mol. The number of aryl methyl sites for hydroxylation is 2. The molecule has 0 saturated carbocycles. The molecule has 2 aromatic rings. The predicted octanol–water partition coefficient (Wildman–Crippen LogP) is 1.38. The number of hydrogen-bond acceptors (Lipinski definition) is 10. The van der Waals surface area contributed by atoms with E-state index in [0.717, 1.165) is 0 Å². The number of hydrazone groups is 4. The SMILES string of the molecule is Cc1cc2c(O)c(c1)/C=N/NC(=O)CC(=O)N/N=C/c1cc(C)cc(c1O)/C=N/NC(=O)CC(=O)N/N=C/2.[Cl][Cu].[Cl][Cu]. The van der Waals surface area contributed by atoms with Crippen LogP contribution in [0.4, 0.5) is 0 Å². The van der Waals surface area contributed by atoms with Crippen LogP contribution in [0.15, 0.2) is 44.7 Å². The zero-order valence-corrected chi connectivity index (χ0v) is 25.1. The van der Waals surface area contributed by atoms with Crippen molar-refractivity contribution in [1.29, 1.82) is 0 Å². The Morgan fingerprint density at radius 1 is 0.548 bits per heavy atom. The molecule has 18 heteroatoms. The predicted molar refractivity (Wildman–Crippen MR) is 150 cm³/mol. The van der Waals surface area contributed by atoms with Crippen molar-refractivity contribution >= 4 is 68.7 Å². The van der Waals surface area contributed by atoms with Gasteiger partial charge < -0.3 is 10.2 Å². The van der Waals surface area contributed by atoms with E-state index in [-0.39, 0.29) is 33.8 Å². The molecule has 232 valence electrons. The minimum absolute atomic E-state index is 0.233. The first-order valence-electron chi connectivity index (χ1n) is 11.3. The van der Waals surface area contributed by atoms with Crippen molar-refractivity contribution in [3.05, 3.63) is 57.6 Å². The second-order valence-electron chi connectivity index (χ2n) is 8.11. The van der Waals surface area contributed by atoms with Gasteiger partial charge in [0.05, 0.1) is 24.9 Å². The minimum atomic E-state index is -0.737. The second kappa shape index (κ2) is 19.4. The fourth-order valence-corrected chi connectivity index (χ4v) is 3.21. The summed E-state index contributed by atoms with van der Waals surface area (Å²) in [7, 11) is 8.40. The molecule has 14 nitrogen and oxygen atoms in total. The Labute approximate surface area is 265 Å². The van der Waals surface area contributed by atoms with E-state index in [1.807, 2.05) is 0 Å². The van der Waals surface area contributed by atoms with Gasteiger partial charge >= 0.3 is 50.4 Å². The van der Waals surface area contributed by atoms with Gasteiger partial charge in [-0.25, -0.2) is 21.7 Å². The summed E-state index contributed by atoms with van der Waals surface area (Å²) in [5.41, 5.74) is 11.1. The molecule has 42 heavy (non-hydrogen) atoms. The number of amides is 4. The summed E-state index contributed by atoms with van der Waals surface area (Å²) in [4.78, 5) is 48.1. The molecule has 3 rings (SSSR count). The van der Waals surface area contributed by atoms with Crippen LogP contribution in [0.3, 0.4) is 0 Å². The summed E-state index contributed by atoms with van der Waals surface area (Å²) in [6.07, 6.45) is 3.51. The summed E-state index contributed by atoms with van der Waals surface area (Å²) in [5, 5.41) is 35.9. The Morgan fingerprint density at radius 2 is 0.762 bits per heavy atom. The standard InChI is InChI=1S/C24H24N8O6.2ClH.2Cu/c1-13-3-15-9-25-29-19(33)7-21(35)31-27-11-17-5-14(2)6-18(24(17)38)12-28-32-22(36)8-20(34)30-26-10-16(4-13)23(15)37;;;;/h3-6,9-12,37-38H,7-8H2,1-2H3,(H,29,33)(H,30,34)(H,31,35)(H,32,36);2*1H;;/q;;;2*+1/p-2/b25-9+,26-10+,27-11+,28-12+;;;;. The molecular formula is C24H24Cl2Cu2N8O6. The van der Waals surface area contributed by atoms with E-state index in [2.05, 4.69) is 92.5 Å². The third kappa shape index (κ3) is 12.4. The van der Waals surface area contributed by atoms with E-state index in [1.165, 1.54) is 24.9 Å². The molecule has 0 aliphatic carbocycles. The fraction of sp³-hybridized carbons (Fsp3) is 0.167. The monoisotopic (exact) mass is 716 g/mol. The molecule has 0 unspecified atom stereocenters. The Morgan fingerprint density at radius 3 is 0.976 bits per heavy atom. The molecule has 0 aromatic heterocycles. The van der Waals surface area contributed by atoms with Crippen LogP contribution >= 0.6 is 20.2 Å². The van der Waals surface area contributed by atoms with E-state index < -0.39 is 36.5 Å². The van der Waals surface area contributed by atoms with Crippen molar-refractivity contribution in [3.63, 3.8) is 0 Å². The van der Waals surface area contributed by atoms with Crippen LogP contribution in [0.5, 0.6) is 11.5 Å². The normalized spacial score (nSPS) is 17.1. The summed E-state index contributed by atoms with van der Waals surface area (Å²) in [6.45, 7) is 3.49. The maximum atomic E-state index is 12.0. The third-order valence-electron chi connectivity index (χ3n) is 4.84.